The van der Waals surface area contributed by atoms with Gasteiger partial charge in [0.15, 0.2) is 0 Å². The lowest BCUT2D eigenvalue weighted by atomic mass is 10.2. The predicted molar refractivity (Wildman–Crippen MR) is 166 cm³/mol. The molecule has 188 valence electrons. The summed E-state index contributed by atoms with van der Waals surface area (Å²) >= 11 is 1.86. The lowest BCUT2D eigenvalue weighted by molar-refractivity contribution is 0.216. The Morgan fingerprint density at radius 1 is 0.649 bits per heavy atom. The lowest BCUT2D eigenvalue weighted by Crippen LogP contribution is -2.70. The Morgan fingerprint density at radius 2 is 1.05 bits per heavy atom. The van der Waals surface area contributed by atoms with Crippen molar-refractivity contribution in [1.82, 2.24) is 0 Å². The van der Waals surface area contributed by atoms with Crippen LogP contribution in [-0.4, -0.2) is 27.7 Å². The molecule has 4 rings (SSSR count). The highest BCUT2D eigenvalue weighted by molar-refractivity contribution is 8.00. The van der Waals surface area contributed by atoms with Crippen molar-refractivity contribution in [1.29, 1.82) is 0 Å². The predicted octanol–water partition coefficient (Wildman–Crippen LogP) is 6.49. The van der Waals surface area contributed by atoms with Gasteiger partial charge >= 0.3 is 0 Å². The van der Waals surface area contributed by atoms with Crippen molar-refractivity contribution in [2.24, 2.45) is 0 Å². The molecule has 4 heteroatoms. The summed E-state index contributed by atoms with van der Waals surface area (Å²) < 4.78 is 7.37. The first kappa shape index (κ1) is 27.2. The Kier molecular flexibility index (Phi) is 9.29. The van der Waals surface area contributed by atoms with E-state index in [1.54, 1.807) is 0 Å². The van der Waals surface area contributed by atoms with Crippen LogP contribution in [0, 0.1) is 11.5 Å². The maximum absolute atomic E-state index is 7.37. The molecule has 1 nitrogen and oxygen atoms in total. The molecular formula is C33H36OSSi2. The van der Waals surface area contributed by atoms with E-state index in [4.69, 9.17) is 4.43 Å². The van der Waals surface area contributed by atoms with E-state index in [-0.39, 0.29) is 11.4 Å². The minimum Gasteiger partial charge on any atom is -0.401 e. The lowest BCUT2D eigenvalue weighted by Gasteiger charge is -2.36. The van der Waals surface area contributed by atoms with Crippen molar-refractivity contribution in [3.05, 3.63) is 121 Å². The number of benzene rings is 4. The number of hydrogen-bond donors (Lipinski definition) is 0. The maximum Gasteiger partial charge on any atom is 0.288 e. The number of hydrogen-bond acceptors (Lipinski definition) is 2. The van der Waals surface area contributed by atoms with Crippen molar-refractivity contribution in [2.45, 2.75) is 49.2 Å². The fourth-order valence-electron chi connectivity index (χ4n) is 4.47. The minimum absolute atomic E-state index is 0.0180. The third-order valence-electron chi connectivity index (χ3n) is 6.09. The molecule has 0 fully saturated rings. The van der Waals surface area contributed by atoms with Crippen LogP contribution in [0.1, 0.15) is 13.3 Å². The van der Waals surface area contributed by atoms with Gasteiger partial charge in [-0.1, -0.05) is 135 Å². The highest BCUT2D eigenvalue weighted by Gasteiger charge is 2.43. The first-order chi connectivity index (χ1) is 17.9. The second-order valence-corrected chi connectivity index (χ2v) is 19.7. The summed E-state index contributed by atoms with van der Waals surface area (Å²) in [5.41, 5.74) is 3.63. The van der Waals surface area contributed by atoms with Crippen LogP contribution in [-0.2, 0) is 4.43 Å². The van der Waals surface area contributed by atoms with Gasteiger partial charge in [-0.3, -0.25) is 0 Å². The fourth-order valence-corrected chi connectivity index (χ4v) is 10.4. The number of thioether (sulfide) groups is 1. The van der Waals surface area contributed by atoms with Crippen molar-refractivity contribution < 1.29 is 4.43 Å². The van der Waals surface area contributed by atoms with E-state index in [1.807, 2.05) is 11.8 Å². The van der Waals surface area contributed by atoms with Crippen LogP contribution >= 0.6 is 11.8 Å². The Balaban J connectivity index is 1.74. The van der Waals surface area contributed by atoms with Crippen molar-refractivity contribution in [3.8, 4) is 11.5 Å². The zero-order chi connectivity index (χ0) is 26.1. The summed E-state index contributed by atoms with van der Waals surface area (Å²) in [6.45, 7) is 9.15. The third kappa shape index (κ3) is 7.37. The van der Waals surface area contributed by atoms with E-state index in [0.29, 0.717) is 0 Å². The van der Waals surface area contributed by atoms with Gasteiger partial charge in [0.05, 0.1) is 5.25 Å². The molecule has 0 heterocycles. The molecule has 0 aliphatic heterocycles. The van der Waals surface area contributed by atoms with Crippen LogP contribution in [0.5, 0.6) is 0 Å². The van der Waals surface area contributed by atoms with Gasteiger partial charge in [0.25, 0.3) is 8.32 Å². The topological polar surface area (TPSA) is 9.23 Å². The first-order valence-corrected chi connectivity index (χ1v) is 19.2. The van der Waals surface area contributed by atoms with Gasteiger partial charge in [0, 0.05) is 11.0 Å². The van der Waals surface area contributed by atoms with E-state index < -0.39 is 16.4 Å². The van der Waals surface area contributed by atoms with Crippen LogP contribution in [0.3, 0.4) is 0 Å². The van der Waals surface area contributed by atoms with Gasteiger partial charge in [0.2, 0.25) is 0 Å². The molecule has 4 aromatic carbocycles. The zero-order valence-electron chi connectivity index (χ0n) is 22.2. The van der Waals surface area contributed by atoms with Crippen LogP contribution in [0.2, 0.25) is 19.6 Å². The summed E-state index contributed by atoms with van der Waals surface area (Å²) in [6, 6.07) is 43.1. The van der Waals surface area contributed by atoms with Crippen molar-refractivity contribution in [2.75, 3.05) is 0 Å². The quantitative estimate of drug-likeness (QED) is 0.105. The smallest absolute Gasteiger partial charge is 0.288 e. The number of rotatable bonds is 9. The molecule has 0 spiro atoms. The fraction of sp³-hybridized carbons (Fsp3) is 0.212. The molecular weight excluding hydrogens is 501 g/mol. The molecule has 0 saturated heterocycles. The average Bonchev–Trinajstić information content (AvgIpc) is 2.92. The zero-order valence-corrected chi connectivity index (χ0v) is 25.0. The molecule has 0 N–H and O–H groups in total. The molecule has 0 aliphatic carbocycles. The third-order valence-corrected chi connectivity index (χ3v) is 12.3. The second-order valence-electron chi connectivity index (χ2n) is 10.4. The van der Waals surface area contributed by atoms with Crippen LogP contribution < -0.4 is 15.6 Å². The Bertz CT molecular complexity index is 1200. The van der Waals surface area contributed by atoms with E-state index >= 15 is 0 Å². The van der Waals surface area contributed by atoms with E-state index in [9.17, 15) is 0 Å². The van der Waals surface area contributed by atoms with Gasteiger partial charge in [-0.05, 0) is 41.0 Å². The normalized spacial score (nSPS) is 13.3. The molecule has 4 aromatic rings. The average molecular weight is 537 g/mol. The summed E-state index contributed by atoms with van der Waals surface area (Å²) in [4.78, 5) is 1.25. The summed E-state index contributed by atoms with van der Waals surface area (Å²) in [6.07, 6.45) is 0.877. The van der Waals surface area contributed by atoms with E-state index in [2.05, 4.69) is 159 Å². The van der Waals surface area contributed by atoms with Gasteiger partial charge in [-0.15, -0.1) is 17.3 Å². The summed E-state index contributed by atoms with van der Waals surface area (Å²) in [5.74, 6) is 3.65. The van der Waals surface area contributed by atoms with Gasteiger partial charge in [0.1, 0.15) is 8.07 Å². The largest absolute Gasteiger partial charge is 0.401 e. The summed E-state index contributed by atoms with van der Waals surface area (Å²) in [7, 11) is -4.25. The molecule has 0 radical (unpaired) electrons. The SMILES string of the molecule is C[C@H](C[C@H](C#C[Si](C)(C)C)Sc1ccccc1)O[Si](c1ccccc1)(c1ccccc1)c1ccccc1. The Hall–Kier alpha value is -2.82. The minimum atomic E-state index is -2.75. The molecule has 0 bridgehead atoms. The molecule has 0 saturated carbocycles. The van der Waals surface area contributed by atoms with Crippen molar-refractivity contribution in [3.63, 3.8) is 0 Å². The summed E-state index contributed by atoms with van der Waals surface area (Å²) in [5, 5.41) is 3.96. The highest BCUT2D eigenvalue weighted by atomic mass is 32.2. The van der Waals surface area contributed by atoms with Crippen molar-refractivity contribution >= 4 is 43.7 Å². The van der Waals surface area contributed by atoms with Crippen LogP contribution in [0.25, 0.3) is 0 Å². The standard InChI is InChI=1S/C33H36OSSi2/c1-28(27-30(25-26-36(2,3)4)35-29-17-9-5-10-18-29)34-37(31-19-11-6-12-20-31,32-21-13-7-14-22-32)33-23-15-8-16-24-33/h5-24,28,30H,27H2,1-4H3/t28-,30+/m1/s1. The maximum atomic E-state index is 7.37. The Labute approximate surface area is 229 Å². The molecule has 37 heavy (non-hydrogen) atoms. The first-order valence-electron chi connectivity index (χ1n) is 13.0. The van der Waals surface area contributed by atoms with Crippen LogP contribution in [0.15, 0.2) is 126 Å². The second kappa shape index (κ2) is 12.6. The molecule has 0 unspecified atom stereocenters. The highest BCUT2D eigenvalue weighted by Crippen LogP contribution is 2.27. The van der Waals surface area contributed by atoms with Crippen LogP contribution in [0.4, 0.5) is 0 Å². The molecule has 0 aliphatic rings. The molecule has 0 aromatic heterocycles. The van der Waals surface area contributed by atoms with Gasteiger partial charge in [-0.25, -0.2) is 0 Å². The van der Waals surface area contributed by atoms with Gasteiger partial charge in [-0.2, -0.15) is 0 Å². The van der Waals surface area contributed by atoms with Gasteiger partial charge < -0.3 is 4.43 Å². The monoisotopic (exact) mass is 536 g/mol. The van der Waals surface area contributed by atoms with E-state index in [1.165, 1.54) is 20.5 Å². The molecule has 2 atom stereocenters. The molecule has 0 amide bonds. The Morgan fingerprint density at radius 3 is 1.46 bits per heavy atom. The van der Waals surface area contributed by atoms with E-state index in [0.717, 1.165) is 6.42 Å².